The number of halogens is 3. The lowest BCUT2D eigenvalue weighted by Gasteiger charge is -2.38. The van der Waals surface area contributed by atoms with Gasteiger partial charge in [0.05, 0.1) is 11.3 Å². The molecule has 5 nitrogen and oxygen atoms in total. The number of piperidine rings is 1. The van der Waals surface area contributed by atoms with Crippen molar-refractivity contribution in [3.05, 3.63) is 46.6 Å². The van der Waals surface area contributed by atoms with Gasteiger partial charge in [-0.25, -0.2) is 8.78 Å². The molecule has 1 amide bonds. The zero-order valence-corrected chi connectivity index (χ0v) is 20.1. The van der Waals surface area contributed by atoms with Crippen molar-refractivity contribution in [2.24, 2.45) is 5.73 Å². The van der Waals surface area contributed by atoms with Gasteiger partial charge in [0.25, 0.3) is 5.91 Å². The van der Waals surface area contributed by atoms with E-state index in [-0.39, 0.29) is 17.0 Å². The maximum atomic E-state index is 14.7. The molecule has 176 valence electrons. The number of likely N-dealkylation sites (tertiary alicyclic amines) is 1. The minimum absolute atomic E-state index is 0.0720. The molecule has 1 rings (SSSR count). The Balaban J connectivity index is 3.31. The molecule has 1 aliphatic heterocycles. The van der Waals surface area contributed by atoms with E-state index < -0.39 is 17.2 Å². The summed E-state index contributed by atoms with van der Waals surface area (Å²) in [5.41, 5.74) is 4.15. The molecule has 0 aliphatic carbocycles. The summed E-state index contributed by atoms with van der Waals surface area (Å²) in [6.07, 6.45) is 8.20. The van der Waals surface area contributed by atoms with Gasteiger partial charge >= 0.3 is 0 Å². The summed E-state index contributed by atoms with van der Waals surface area (Å²) in [6.45, 7) is 7.36. The van der Waals surface area contributed by atoms with Gasteiger partial charge in [-0.2, -0.15) is 0 Å². The first-order valence-electron chi connectivity index (χ1n) is 10.8. The van der Waals surface area contributed by atoms with Crippen LogP contribution in [0.25, 0.3) is 0 Å². The van der Waals surface area contributed by atoms with Crippen molar-refractivity contribution in [2.75, 3.05) is 20.1 Å². The highest BCUT2D eigenvalue weighted by molar-refractivity contribution is 6.32. The van der Waals surface area contributed by atoms with Crippen molar-refractivity contribution in [1.29, 1.82) is 0 Å². The van der Waals surface area contributed by atoms with E-state index in [9.17, 15) is 13.6 Å². The summed E-state index contributed by atoms with van der Waals surface area (Å²) in [5, 5.41) is 5.78. The molecule has 0 atom stereocenters. The van der Waals surface area contributed by atoms with Crippen molar-refractivity contribution in [1.82, 2.24) is 15.5 Å². The first kappa shape index (κ1) is 27.0. The number of amides is 1. The molecule has 0 saturated carbocycles. The number of nitrogens with two attached hydrogens (primary N) is 1. The molecule has 1 fully saturated rings. The van der Waals surface area contributed by atoms with Gasteiger partial charge in [-0.05, 0) is 51.8 Å². The van der Waals surface area contributed by atoms with Crippen molar-refractivity contribution < 1.29 is 13.6 Å². The molecular formula is C23H37ClF2N4O. The highest BCUT2D eigenvalue weighted by Gasteiger charge is 2.35. The Labute approximate surface area is 190 Å². The fraction of sp³-hybridized carbons (Fsp3) is 0.609. The zero-order valence-electron chi connectivity index (χ0n) is 19.3. The molecule has 0 aromatic rings. The number of nitrogens with zero attached hydrogens (tertiary/aromatic N) is 1. The average Bonchev–Trinajstić information content (AvgIpc) is 2.69. The van der Waals surface area contributed by atoms with Gasteiger partial charge in [-0.15, -0.1) is 0 Å². The highest BCUT2D eigenvalue weighted by Crippen LogP contribution is 2.35. The van der Waals surface area contributed by atoms with Gasteiger partial charge in [0.15, 0.2) is 0 Å². The lowest BCUT2D eigenvalue weighted by molar-refractivity contribution is -0.116. The number of carbonyl (C=O) groups excluding carboxylic acids is 1. The van der Waals surface area contributed by atoms with Gasteiger partial charge in [0.2, 0.25) is 0 Å². The number of carbonyl (C=O) groups is 1. The van der Waals surface area contributed by atoms with Gasteiger partial charge in [-0.1, -0.05) is 31.5 Å². The molecule has 31 heavy (non-hydrogen) atoms. The van der Waals surface area contributed by atoms with E-state index in [0.717, 1.165) is 0 Å². The highest BCUT2D eigenvalue weighted by atomic mass is 35.5. The molecule has 8 heteroatoms. The largest absolute Gasteiger partial charge is 0.403 e. The Hall–Kier alpha value is -2.02. The van der Waals surface area contributed by atoms with Crippen LogP contribution in [0.2, 0.25) is 0 Å². The summed E-state index contributed by atoms with van der Waals surface area (Å²) in [4.78, 5) is 15.1. The molecule has 1 saturated heterocycles. The smallest absolute Gasteiger partial charge is 0.259 e. The van der Waals surface area contributed by atoms with Gasteiger partial charge in [0.1, 0.15) is 11.3 Å². The normalized spacial score (nSPS) is 18.8. The minimum atomic E-state index is -1.62. The number of nitrogens with one attached hydrogen (secondary N) is 2. The van der Waals surface area contributed by atoms with E-state index in [4.69, 9.17) is 17.3 Å². The molecule has 0 unspecified atom stereocenters. The standard InChI is InChI=1S/C23H37ClF2N4O/c1-6-8-17(9-12-28-5)29-21(31)20(18(24)15-22(3,4)25)19(16-27)30-13-10-23(26,7-2)11-14-30/h8-9,12,16,28H,6-7,10-11,13-15,27H2,1-5H3,(H,29,31)/b12-9-,17-8+,19-16+,20-18-. The Morgan fingerprint density at radius 2 is 1.90 bits per heavy atom. The molecule has 0 bridgehead atoms. The van der Waals surface area contributed by atoms with Crippen LogP contribution in [-0.4, -0.2) is 42.3 Å². The number of allylic oxidation sites excluding steroid dienone is 3. The molecule has 4 N–H and O–H groups in total. The Bertz CT molecular complexity index is 730. The summed E-state index contributed by atoms with van der Waals surface area (Å²) in [5.74, 6) is -0.487. The summed E-state index contributed by atoms with van der Waals surface area (Å²) in [6, 6.07) is 0. The Morgan fingerprint density at radius 1 is 1.29 bits per heavy atom. The molecule has 0 spiro atoms. The van der Waals surface area contributed by atoms with Gasteiger partial charge in [0, 0.05) is 43.5 Å². The molecule has 0 aromatic carbocycles. The van der Waals surface area contributed by atoms with Crippen molar-refractivity contribution >= 4 is 17.5 Å². The maximum Gasteiger partial charge on any atom is 0.259 e. The van der Waals surface area contributed by atoms with Crippen LogP contribution < -0.4 is 16.4 Å². The fourth-order valence-electron chi connectivity index (χ4n) is 3.43. The Kier molecular flexibility index (Phi) is 10.6. The topological polar surface area (TPSA) is 70.4 Å². The van der Waals surface area contributed by atoms with Gasteiger partial charge in [-0.3, -0.25) is 4.79 Å². The van der Waals surface area contributed by atoms with Gasteiger partial charge < -0.3 is 21.3 Å². The van der Waals surface area contributed by atoms with E-state index in [0.29, 0.717) is 50.2 Å². The number of hydrogen-bond acceptors (Lipinski definition) is 4. The van der Waals surface area contributed by atoms with Crippen LogP contribution in [0.3, 0.4) is 0 Å². The first-order chi connectivity index (χ1) is 14.5. The van der Waals surface area contributed by atoms with Crippen LogP contribution >= 0.6 is 11.6 Å². The second-order valence-electron chi connectivity index (χ2n) is 8.36. The SMILES string of the molecule is CC/C=C(\C=C/NC)NC(=O)C(=C(\Cl)CC(C)(C)F)/C(=C\N)N1CCC(F)(CC)CC1. The molecule has 0 aromatic heterocycles. The van der Waals surface area contributed by atoms with E-state index in [2.05, 4.69) is 10.6 Å². The maximum absolute atomic E-state index is 14.7. The summed E-state index contributed by atoms with van der Waals surface area (Å²) < 4.78 is 29.1. The lowest BCUT2D eigenvalue weighted by atomic mass is 9.90. The molecule has 1 aliphatic rings. The fourth-order valence-corrected chi connectivity index (χ4v) is 3.93. The van der Waals surface area contributed by atoms with Crippen LogP contribution in [0, 0.1) is 0 Å². The van der Waals surface area contributed by atoms with Crippen molar-refractivity contribution in [3.63, 3.8) is 0 Å². The second-order valence-corrected chi connectivity index (χ2v) is 8.82. The third kappa shape index (κ3) is 8.56. The quantitative estimate of drug-likeness (QED) is 0.325. The van der Waals surface area contributed by atoms with E-state index in [1.54, 1.807) is 19.3 Å². The van der Waals surface area contributed by atoms with E-state index in [1.807, 2.05) is 24.8 Å². The molecular weight excluding hydrogens is 422 g/mol. The van der Waals surface area contributed by atoms with Crippen LogP contribution in [0.1, 0.15) is 59.8 Å². The van der Waals surface area contributed by atoms with Crippen LogP contribution in [0.15, 0.2) is 46.6 Å². The number of alkyl halides is 2. The van der Waals surface area contributed by atoms with E-state index >= 15 is 0 Å². The predicted octanol–water partition coefficient (Wildman–Crippen LogP) is 4.77. The first-order valence-corrected chi connectivity index (χ1v) is 11.2. The lowest BCUT2D eigenvalue weighted by Crippen LogP contribution is -2.43. The molecule has 0 radical (unpaired) electrons. The third-order valence-electron chi connectivity index (χ3n) is 5.23. The average molecular weight is 459 g/mol. The minimum Gasteiger partial charge on any atom is -0.403 e. The Morgan fingerprint density at radius 3 is 2.35 bits per heavy atom. The predicted molar refractivity (Wildman–Crippen MR) is 125 cm³/mol. The van der Waals surface area contributed by atoms with E-state index in [1.165, 1.54) is 20.0 Å². The summed E-state index contributed by atoms with van der Waals surface area (Å²) >= 11 is 6.50. The van der Waals surface area contributed by atoms with Crippen LogP contribution in [0.4, 0.5) is 8.78 Å². The van der Waals surface area contributed by atoms with Crippen LogP contribution in [-0.2, 0) is 4.79 Å². The second kappa shape index (κ2) is 12.1. The summed E-state index contributed by atoms with van der Waals surface area (Å²) in [7, 11) is 1.75. The third-order valence-corrected chi connectivity index (χ3v) is 5.56. The molecule has 1 heterocycles. The van der Waals surface area contributed by atoms with Crippen molar-refractivity contribution in [3.8, 4) is 0 Å². The number of rotatable bonds is 10. The van der Waals surface area contributed by atoms with Crippen molar-refractivity contribution in [2.45, 2.75) is 71.1 Å². The number of hydrogen-bond donors (Lipinski definition) is 3. The van der Waals surface area contributed by atoms with Crippen LogP contribution in [0.5, 0.6) is 0 Å². The monoisotopic (exact) mass is 458 g/mol. The zero-order chi connectivity index (χ0) is 23.7.